The van der Waals surface area contributed by atoms with Crippen molar-refractivity contribution in [1.82, 2.24) is 10.3 Å². The van der Waals surface area contributed by atoms with Gasteiger partial charge in [-0.3, -0.25) is 0 Å². The molecule has 2 saturated carbocycles. The molecule has 0 aliphatic heterocycles. The molecule has 1 unspecified atom stereocenters. The smallest absolute Gasteiger partial charge is 0.213 e. The summed E-state index contributed by atoms with van der Waals surface area (Å²) in [6.07, 6.45) is 5.99. The zero-order chi connectivity index (χ0) is 14.4. The largest absolute Gasteiger partial charge is 0.481 e. The Labute approximate surface area is 122 Å². The van der Waals surface area contributed by atoms with Crippen molar-refractivity contribution in [3.8, 4) is 5.88 Å². The summed E-state index contributed by atoms with van der Waals surface area (Å²) in [7, 11) is 1.67. The van der Waals surface area contributed by atoms with Crippen molar-refractivity contribution in [2.45, 2.75) is 52.6 Å². The molecule has 1 aromatic rings. The molecule has 1 aromatic heterocycles. The minimum Gasteiger partial charge on any atom is -0.481 e. The summed E-state index contributed by atoms with van der Waals surface area (Å²) >= 11 is 0. The van der Waals surface area contributed by atoms with Gasteiger partial charge in [-0.1, -0.05) is 20.8 Å². The van der Waals surface area contributed by atoms with E-state index in [1.807, 2.05) is 12.3 Å². The van der Waals surface area contributed by atoms with E-state index < -0.39 is 0 Å². The number of ether oxygens (including phenoxy) is 1. The number of rotatable bonds is 4. The van der Waals surface area contributed by atoms with Gasteiger partial charge in [-0.25, -0.2) is 4.98 Å². The summed E-state index contributed by atoms with van der Waals surface area (Å²) in [5.41, 5.74) is 2.13. The number of nitrogens with zero attached hydrogens (tertiary/aromatic N) is 1. The van der Waals surface area contributed by atoms with Crippen LogP contribution in [0.5, 0.6) is 5.88 Å². The Kier molecular flexibility index (Phi) is 3.28. The normalized spacial score (nSPS) is 34.4. The van der Waals surface area contributed by atoms with Gasteiger partial charge in [-0.05, 0) is 47.6 Å². The SMILES string of the molecule is COc1cc(CNC2C(C)(C)[C@H]3CC[C@]2(C)C3)ccn1. The first kappa shape index (κ1) is 13.9. The molecule has 3 atom stereocenters. The molecule has 1 heterocycles. The maximum absolute atomic E-state index is 5.20. The molecule has 3 nitrogen and oxygen atoms in total. The van der Waals surface area contributed by atoms with Crippen molar-refractivity contribution in [2.24, 2.45) is 16.7 Å². The maximum Gasteiger partial charge on any atom is 0.213 e. The minimum absolute atomic E-state index is 0.407. The fraction of sp³-hybridized carbons (Fsp3) is 0.706. The van der Waals surface area contributed by atoms with Gasteiger partial charge in [0.05, 0.1) is 7.11 Å². The van der Waals surface area contributed by atoms with Crippen LogP contribution in [0.3, 0.4) is 0 Å². The molecule has 0 aromatic carbocycles. The number of pyridine rings is 1. The van der Waals surface area contributed by atoms with Gasteiger partial charge in [0.15, 0.2) is 0 Å². The molecule has 3 heteroatoms. The molecular formula is C17H26N2O. The van der Waals surface area contributed by atoms with Crippen molar-refractivity contribution in [2.75, 3.05) is 7.11 Å². The molecule has 2 bridgehead atoms. The van der Waals surface area contributed by atoms with E-state index >= 15 is 0 Å². The monoisotopic (exact) mass is 274 g/mol. The molecule has 2 aliphatic carbocycles. The van der Waals surface area contributed by atoms with Crippen LogP contribution in [-0.4, -0.2) is 18.1 Å². The van der Waals surface area contributed by atoms with Gasteiger partial charge in [-0.15, -0.1) is 0 Å². The Morgan fingerprint density at radius 3 is 2.85 bits per heavy atom. The first-order chi connectivity index (χ1) is 9.45. The van der Waals surface area contributed by atoms with Crippen LogP contribution in [0.4, 0.5) is 0 Å². The first-order valence-corrected chi connectivity index (χ1v) is 7.68. The molecule has 0 saturated heterocycles. The zero-order valence-electron chi connectivity index (χ0n) is 13.1. The molecular weight excluding hydrogens is 248 g/mol. The van der Waals surface area contributed by atoms with E-state index in [0.717, 1.165) is 12.5 Å². The molecule has 3 rings (SSSR count). The third-order valence-corrected chi connectivity index (χ3v) is 5.79. The molecule has 110 valence electrons. The van der Waals surface area contributed by atoms with Gasteiger partial charge in [0, 0.05) is 24.8 Å². The van der Waals surface area contributed by atoms with Crippen LogP contribution in [0, 0.1) is 16.7 Å². The predicted molar refractivity (Wildman–Crippen MR) is 80.6 cm³/mol. The van der Waals surface area contributed by atoms with E-state index in [0.29, 0.717) is 22.8 Å². The average molecular weight is 274 g/mol. The molecule has 0 spiro atoms. The summed E-state index contributed by atoms with van der Waals surface area (Å²) in [6, 6.07) is 4.70. The molecule has 1 N–H and O–H groups in total. The van der Waals surface area contributed by atoms with Crippen molar-refractivity contribution in [1.29, 1.82) is 0 Å². The Morgan fingerprint density at radius 1 is 1.40 bits per heavy atom. The lowest BCUT2D eigenvalue weighted by Gasteiger charge is -2.43. The first-order valence-electron chi connectivity index (χ1n) is 7.68. The van der Waals surface area contributed by atoms with E-state index in [4.69, 9.17) is 4.74 Å². The van der Waals surface area contributed by atoms with E-state index in [1.54, 1.807) is 7.11 Å². The Balaban J connectivity index is 1.71. The summed E-state index contributed by atoms with van der Waals surface area (Å²) in [5, 5.41) is 3.83. The fourth-order valence-electron chi connectivity index (χ4n) is 4.70. The Hall–Kier alpha value is -1.09. The number of methoxy groups -OCH3 is 1. The van der Waals surface area contributed by atoms with E-state index in [9.17, 15) is 0 Å². The molecule has 0 amide bonds. The highest BCUT2D eigenvalue weighted by Gasteiger charge is 2.58. The zero-order valence-corrected chi connectivity index (χ0v) is 13.1. The quantitative estimate of drug-likeness (QED) is 0.914. The fourth-order valence-corrected chi connectivity index (χ4v) is 4.70. The highest BCUT2D eigenvalue weighted by Crippen LogP contribution is 2.62. The number of fused-ring (bicyclic) bond motifs is 2. The predicted octanol–water partition coefficient (Wildman–Crippen LogP) is 3.39. The number of hydrogen-bond donors (Lipinski definition) is 1. The Morgan fingerprint density at radius 2 is 2.20 bits per heavy atom. The minimum atomic E-state index is 0.407. The third-order valence-electron chi connectivity index (χ3n) is 5.79. The number of aromatic nitrogens is 1. The van der Waals surface area contributed by atoms with Gasteiger partial charge >= 0.3 is 0 Å². The topological polar surface area (TPSA) is 34.1 Å². The standard InChI is InChI=1S/C17H26N2O/c1-16(2)13-5-7-17(3,10-13)15(16)19-11-12-6-8-18-14(9-12)20-4/h6,8-9,13,15,19H,5,7,10-11H2,1-4H3/t13-,15?,17+/m0/s1. The van der Waals surface area contributed by atoms with Crippen molar-refractivity contribution >= 4 is 0 Å². The van der Waals surface area contributed by atoms with Gasteiger partial charge in [-0.2, -0.15) is 0 Å². The highest BCUT2D eigenvalue weighted by atomic mass is 16.5. The second kappa shape index (κ2) is 4.73. The number of nitrogens with one attached hydrogen (secondary N) is 1. The van der Waals surface area contributed by atoms with Crippen LogP contribution in [0.25, 0.3) is 0 Å². The van der Waals surface area contributed by atoms with Crippen LogP contribution in [0.15, 0.2) is 18.3 Å². The van der Waals surface area contributed by atoms with Gasteiger partial charge in [0.25, 0.3) is 0 Å². The lowest BCUT2D eigenvalue weighted by atomic mass is 9.68. The highest BCUT2D eigenvalue weighted by molar-refractivity contribution is 5.21. The summed E-state index contributed by atoms with van der Waals surface area (Å²) in [4.78, 5) is 4.17. The van der Waals surface area contributed by atoms with Crippen LogP contribution in [0.1, 0.15) is 45.6 Å². The van der Waals surface area contributed by atoms with E-state index in [-0.39, 0.29) is 0 Å². The van der Waals surface area contributed by atoms with Gasteiger partial charge in [0.1, 0.15) is 0 Å². The molecule has 2 aliphatic rings. The maximum atomic E-state index is 5.20. The lowest BCUT2D eigenvalue weighted by Crippen LogP contribution is -2.49. The summed E-state index contributed by atoms with van der Waals surface area (Å²) in [5.74, 6) is 1.58. The number of hydrogen-bond acceptors (Lipinski definition) is 3. The lowest BCUT2D eigenvalue weighted by molar-refractivity contribution is 0.108. The molecule has 0 radical (unpaired) electrons. The summed E-state index contributed by atoms with van der Waals surface area (Å²) < 4.78 is 5.20. The van der Waals surface area contributed by atoms with Crippen molar-refractivity contribution in [3.05, 3.63) is 23.9 Å². The second-order valence-electron chi connectivity index (χ2n) is 7.44. The van der Waals surface area contributed by atoms with Gasteiger partial charge < -0.3 is 10.1 Å². The van der Waals surface area contributed by atoms with E-state index in [2.05, 4.69) is 37.1 Å². The van der Waals surface area contributed by atoms with Crippen molar-refractivity contribution in [3.63, 3.8) is 0 Å². The average Bonchev–Trinajstić information content (AvgIpc) is 2.89. The van der Waals surface area contributed by atoms with Crippen LogP contribution < -0.4 is 10.1 Å². The van der Waals surface area contributed by atoms with Crippen LogP contribution >= 0.6 is 0 Å². The van der Waals surface area contributed by atoms with E-state index in [1.165, 1.54) is 24.8 Å². The molecule has 2 fully saturated rings. The molecule has 20 heavy (non-hydrogen) atoms. The van der Waals surface area contributed by atoms with Crippen LogP contribution in [-0.2, 0) is 6.54 Å². The third kappa shape index (κ3) is 2.12. The van der Waals surface area contributed by atoms with Crippen molar-refractivity contribution < 1.29 is 4.74 Å². The van der Waals surface area contributed by atoms with Crippen LogP contribution in [0.2, 0.25) is 0 Å². The van der Waals surface area contributed by atoms with Gasteiger partial charge in [0.2, 0.25) is 5.88 Å². The second-order valence-corrected chi connectivity index (χ2v) is 7.44. The Bertz CT molecular complexity index is 495. The summed E-state index contributed by atoms with van der Waals surface area (Å²) in [6.45, 7) is 8.24.